The second-order valence-corrected chi connectivity index (χ2v) is 6.15. The molecule has 1 aromatic carbocycles. The van der Waals surface area contributed by atoms with Gasteiger partial charge in [0, 0.05) is 37.2 Å². The maximum absolute atomic E-state index is 13.2. The molecular formula is C21H24N4O. The zero-order valence-corrected chi connectivity index (χ0v) is 15.3. The lowest BCUT2D eigenvalue weighted by molar-refractivity contribution is 0.0763. The summed E-state index contributed by atoms with van der Waals surface area (Å²) < 4.78 is 1.77. The van der Waals surface area contributed by atoms with Crippen LogP contribution >= 0.6 is 0 Å². The van der Waals surface area contributed by atoms with Gasteiger partial charge in [0.2, 0.25) is 0 Å². The van der Waals surface area contributed by atoms with Crippen LogP contribution in [-0.4, -0.2) is 38.7 Å². The lowest BCUT2D eigenvalue weighted by atomic mass is 10.1. The van der Waals surface area contributed by atoms with Gasteiger partial charge in [0.25, 0.3) is 5.91 Å². The molecule has 134 valence electrons. The second kappa shape index (κ2) is 8.43. The predicted octanol–water partition coefficient (Wildman–Crippen LogP) is 4.20. The quantitative estimate of drug-likeness (QED) is 0.643. The standard InChI is InChI=1S/C21H24N4O/c1-3-5-14-24(4-2)21(26)19-16-25(18-11-7-6-8-12-18)23-20(19)17-10-9-13-22-15-17/h6-13,15-16H,3-5,14H2,1-2H3. The van der Waals surface area contributed by atoms with Gasteiger partial charge in [-0.15, -0.1) is 0 Å². The number of unbranched alkanes of at least 4 members (excludes halogenated alkanes) is 1. The van der Waals surface area contributed by atoms with Gasteiger partial charge in [0.1, 0.15) is 5.69 Å². The van der Waals surface area contributed by atoms with Crippen LogP contribution in [0.15, 0.2) is 61.1 Å². The molecule has 0 aliphatic rings. The van der Waals surface area contributed by atoms with Crippen LogP contribution in [0.5, 0.6) is 0 Å². The van der Waals surface area contributed by atoms with E-state index >= 15 is 0 Å². The Morgan fingerprint density at radius 3 is 2.58 bits per heavy atom. The molecule has 5 nitrogen and oxygen atoms in total. The number of nitrogens with zero attached hydrogens (tertiary/aromatic N) is 4. The number of carbonyl (C=O) groups is 1. The summed E-state index contributed by atoms with van der Waals surface area (Å²) in [5.41, 5.74) is 3.05. The maximum Gasteiger partial charge on any atom is 0.257 e. The molecule has 2 aromatic heterocycles. The molecule has 0 saturated carbocycles. The van der Waals surface area contributed by atoms with Crippen LogP contribution in [0.25, 0.3) is 16.9 Å². The van der Waals surface area contributed by atoms with E-state index in [-0.39, 0.29) is 5.91 Å². The highest BCUT2D eigenvalue weighted by Gasteiger charge is 2.22. The predicted molar refractivity (Wildman–Crippen MR) is 103 cm³/mol. The van der Waals surface area contributed by atoms with Crippen molar-refractivity contribution >= 4 is 5.91 Å². The monoisotopic (exact) mass is 348 g/mol. The van der Waals surface area contributed by atoms with E-state index in [9.17, 15) is 4.79 Å². The third-order valence-electron chi connectivity index (χ3n) is 4.35. The first-order valence-electron chi connectivity index (χ1n) is 9.09. The Kier molecular flexibility index (Phi) is 5.79. The summed E-state index contributed by atoms with van der Waals surface area (Å²) in [6.07, 6.45) is 7.35. The number of pyridine rings is 1. The van der Waals surface area contributed by atoms with Gasteiger partial charge < -0.3 is 4.90 Å². The summed E-state index contributed by atoms with van der Waals surface area (Å²) in [7, 11) is 0. The molecule has 3 aromatic rings. The number of hydrogen-bond acceptors (Lipinski definition) is 3. The number of para-hydroxylation sites is 1. The van der Waals surface area contributed by atoms with Crippen molar-refractivity contribution in [1.82, 2.24) is 19.7 Å². The Balaban J connectivity index is 2.04. The molecule has 1 amide bonds. The SMILES string of the molecule is CCCCN(CC)C(=O)c1cn(-c2ccccc2)nc1-c1cccnc1. The molecule has 0 N–H and O–H groups in total. The molecule has 0 bridgehead atoms. The summed E-state index contributed by atoms with van der Waals surface area (Å²) in [6.45, 7) is 5.59. The lowest BCUT2D eigenvalue weighted by Crippen LogP contribution is -2.31. The van der Waals surface area contributed by atoms with Crippen LogP contribution in [-0.2, 0) is 0 Å². The minimum absolute atomic E-state index is 0.0157. The molecule has 26 heavy (non-hydrogen) atoms. The molecule has 0 saturated heterocycles. The van der Waals surface area contributed by atoms with Crippen LogP contribution in [0.2, 0.25) is 0 Å². The van der Waals surface area contributed by atoms with Crippen LogP contribution in [0.3, 0.4) is 0 Å². The zero-order valence-electron chi connectivity index (χ0n) is 15.3. The van der Waals surface area contributed by atoms with Crippen LogP contribution in [0, 0.1) is 0 Å². The average Bonchev–Trinajstić information content (AvgIpc) is 3.15. The Hall–Kier alpha value is -2.95. The van der Waals surface area contributed by atoms with Gasteiger partial charge in [0.15, 0.2) is 0 Å². The van der Waals surface area contributed by atoms with E-state index in [0.29, 0.717) is 17.8 Å². The van der Waals surface area contributed by atoms with Gasteiger partial charge in [-0.05, 0) is 37.6 Å². The first kappa shape index (κ1) is 17.9. The Bertz CT molecular complexity index is 843. The number of hydrogen-bond donors (Lipinski definition) is 0. The minimum Gasteiger partial charge on any atom is -0.339 e. The number of aromatic nitrogens is 3. The smallest absolute Gasteiger partial charge is 0.257 e. The molecule has 0 atom stereocenters. The van der Waals surface area contributed by atoms with E-state index in [1.807, 2.05) is 60.5 Å². The average molecular weight is 348 g/mol. The minimum atomic E-state index is 0.0157. The van der Waals surface area contributed by atoms with Crippen molar-refractivity contribution in [1.29, 1.82) is 0 Å². The number of carbonyl (C=O) groups excluding carboxylic acids is 1. The molecule has 5 heteroatoms. The van der Waals surface area contributed by atoms with Crippen molar-refractivity contribution in [3.8, 4) is 16.9 Å². The maximum atomic E-state index is 13.2. The summed E-state index contributed by atoms with van der Waals surface area (Å²) >= 11 is 0. The van der Waals surface area contributed by atoms with Gasteiger partial charge >= 0.3 is 0 Å². The van der Waals surface area contributed by atoms with E-state index in [0.717, 1.165) is 30.6 Å². The Morgan fingerprint density at radius 1 is 1.12 bits per heavy atom. The van der Waals surface area contributed by atoms with Crippen molar-refractivity contribution in [2.24, 2.45) is 0 Å². The molecule has 3 rings (SSSR count). The first-order valence-corrected chi connectivity index (χ1v) is 9.09. The van der Waals surface area contributed by atoms with Crippen molar-refractivity contribution in [2.75, 3.05) is 13.1 Å². The van der Waals surface area contributed by atoms with E-state index in [2.05, 4.69) is 11.9 Å². The topological polar surface area (TPSA) is 51.0 Å². The summed E-state index contributed by atoms with van der Waals surface area (Å²) in [6, 6.07) is 13.6. The van der Waals surface area contributed by atoms with E-state index in [4.69, 9.17) is 5.10 Å². The van der Waals surface area contributed by atoms with Crippen LogP contribution in [0.4, 0.5) is 0 Å². The largest absolute Gasteiger partial charge is 0.339 e. The van der Waals surface area contributed by atoms with Gasteiger partial charge in [0.05, 0.1) is 11.3 Å². The highest BCUT2D eigenvalue weighted by atomic mass is 16.2. The molecule has 0 aliphatic heterocycles. The van der Waals surface area contributed by atoms with E-state index in [1.165, 1.54) is 0 Å². The fourth-order valence-electron chi connectivity index (χ4n) is 2.88. The number of amides is 1. The highest BCUT2D eigenvalue weighted by Crippen LogP contribution is 2.24. The molecule has 0 fully saturated rings. The van der Waals surface area contributed by atoms with Gasteiger partial charge in [-0.3, -0.25) is 9.78 Å². The highest BCUT2D eigenvalue weighted by molar-refractivity contribution is 5.99. The van der Waals surface area contributed by atoms with E-state index < -0.39 is 0 Å². The fraction of sp³-hybridized carbons (Fsp3) is 0.286. The molecule has 0 spiro atoms. The normalized spacial score (nSPS) is 10.7. The number of rotatable bonds is 7. The van der Waals surface area contributed by atoms with Gasteiger partial charge in [-0.1, -0.05) is 31.5 Å². The van der Waals surface area contributed by atoms with Crippen LogP contribution < -0.4 is 0 Å². The zero-order chi connectivity index (χ0) is 18.4. The van der Waals surface area contributed by atoms with Crippen molar-refractivity contribution in [3.63, 3.8) is 0 Å². The molecule has 2 heterocycles. The Morgan fingerprint density at radius 2 is 1.92 bits per heavy atom. The Labute approximate surface area is 154 Å². The second-order valence-electron chi connectivity index (χ2n) is 6.15. The van der Waals surface area contributed by atoms with Crippen LogP contribution in [0.1, 0.15) is 37.0 Å². The van der Waals surface area contributed by atoms with E-state index in [1.54, 1.807) is 17.1 Å². The van der Waals surface area contributed by atoms with Gasteiger partial charge in [-0.2, -0.15) is 5.10 Å². The molecular weight excluding hydrogens is 324 g/mol. The number of benzene rings is 1. The first-order chi connectivity index (χ1) is 12.7. The van der Waals surface area contributed by atoms with Crippen molar-refractivity contribution < 1.29 is 4.79 Å². The third kappa shape index (κ3) is 3.82. The molecule has 0 unspecified atom stereocenters. The van der Waals surface area contributed by atoms with Crippen molar-refractivity contribution in [3.05, 3.63) is 66.6 Å². The summed E-state index contributed by atoms with van der Waals surface area (Å²) in [5.74, 6) is 0.0157. The summed E-state index contributed by atoms with van der Waals surface area (Å²) in [5, 5.41) is 4.70. The molecule has 0 aliphatic carbocycles. The summed E-state index contributed by atoms with van der Waals surface area (Å²) in [4.78, 5) is 19.2. The fourth-order valence-corrected chi connectivity index (χ4v) is 2.88. The van der Waals surface area contributed by atoms with Gasteiger partial charge in [-0.25, -0.2) is 4.68 Å². The lowest BCUT2D eigenvalue weighted by Gasteiger charge is -2.20. The third-order valence-corrected chi connectivity index (χ3v) is 4.35. The van der Waals surface area contributed by atoms with Crippen molar-refractivity contribution in [2.45, 2.75) is 26.7 Å². The molecule has 0 radical (unpaired) electrons.